The molecular formula is C18H27NO4. The first-order valence-electron chi connectivity index (χ1n) is 8.40. The van der Waals surface area contributed by atoms with Gasteiger partial charge in [0.05, 0.1) is 12.7 Å². The maximum absolute atomic E-state index is 11.3. The highest BCUT2D eigenvalue weighted by molar-refractivity contribution is 5.68. The van der Waals surface area contributed by atoms with Crippen LogP contribution in [0, 0.1) is 0 Å². The van der Waals surface area contributed by atoms with Gasteiger partial charge in [-0.15, -0.1) is 0 Å². The summed E-state index contributed by atoms with van der Waals surface area (Å²) in [6.07, 6.45) is 2.08. The third kappa shape index (κ3) is 4.03. The summed E-state index contributed by atoms with van der Waals surface area (Å²) < 4.78 is 17.7. The third-order valence-corrected chi connectivity index (χ3v) is 4.38. The van der Waals surface area contributed by atoms with Crippen molar-refractivity contribution in [2.75, 3.05) is 12.3 Å². The summed E-state index contributed by atoms with van der Waals surface area (Å²) in [5, 5.41) is 0. The minimum absolute atomic E-state index is 0.177. The van der Waals surface area contributed by atoms with E-state index < -0.39 is 5.79 Å². The number of carbonyl (C=O) groups is 1. The van der Waals surface area contributed by atoms with Gasteiger partial charge < -0.3 is 19.9 Å². The minimum atomic E-state index is -0.591. The molecule has 128 valence electrons. The molecule has 1 aromatic rings. The summed E-state index contributed by atoms with van der Waals surface area (Å²) in [5.41, 5.74) is 7.74. The molecule has 1 fully saturated rings. The Morgan fingerprint density at radius 1 is 1.22 bits per heavy atom. The summed E-state index contributed by atoms with van der Waals surface area (Å²) in [6, 6.07) is 7.68. The predicted octanol–water partition coefficient (Wildman–Crippen LogP) is 3.58. The van der Waals surface area contributed by atoms with E-state index in [-0.39, 0.29) is 18.2 Å². The SMILES string of the molecule is CCC(=O)OCCC1OC(CC)(CC)O[C@@H]1c1ccccc1N. The van der Waals surface area contributed by atoms with E-state index >= 15 is 0 Å². The lowest BCUT2D eigenvalue weighted by molar-refractivity contribution is -0.180. The Hall–Kier alpha value is -1.59. The van der Waals surface area contributed by atoms with Gasteiger partial charge in [-0.1, -0.05) is 39.0 Å². The molecule has 1 aliphatic rings. The molecule has 1 aliphatic heterocycles. The largest absolute Gasteiger partial charge is 0.466 e. The number of hydrogen-bond donors (Lipinski definition) is 1. The van der Waals surface area contributed by atoms with Crippen LogP contribution in [0.3, 0.4) is 0 Å². The van der Waals surface area contributed by atoms with E-state index in [1.807, 2.05) is 38.1 Å². The first-order chi connectivity index (χ1) is 11.0. The topological polar surface area (TPSA) is 70.8 Å². The molecule has 2 atom stereocenters. The quantitative estimate of drug-likeness (QED) is 0.614. The number of carbonyl (C=O) groups excluding carboxylic acids is 1. The van der Waals surface area contributed by atoms with E-state index in [4.69, 9.17) is 19.9 Å². The van der Waals surface area contributed by atoms with Gasteiger partial charge in [0.2, 0.25) is 0 Å². The van der Waals surface area contributed by atoms with Crippen molar-refractivity contribution in [2.45, 2.75) is 64.4 Å². The highest BCUT2D eigenvalue weighted by Crippen LogP contribution is 2.44. The lowest BCUT2D eigenvalue weighted by Crippen LogP contribution is -2.29. The summed E-state index contributed by atoms with van der Waals surface area (Å²) >= 11 is 0. The number of rotatable bonds is 7. The van der Waals surface area contributed by atoms with Crippen LogP contribution in [0.1, 0.15) is 58.1 Å². The molecule has 0 spiro atoms. The van der Waals surface area contributed by atoms with Gasteiger partial charge in [-0.2, -0.15) is 0 Å². The van der Waals surface area contributed by atoms with Crippen LogP contribution in [0.2, 0.25) is 0 Å². The van der Waals surface area contributed by atoms with Crippen LogP contribution in [-0.4, -0.2) is 24.5 Å². The van der Waals surface area contributed by atoms with Crippen LogP contribution in [0.4, 0.5) is 5.69 Å². The second kappa shape index (κ2) is 7.79. The van der Waals surface area contributed by atoms with Crippen molar-refractivity contribution < 1.29 is 19.0 Å². The number of esters is 1. The molecule has 0 aliphatic carbocycles. The molecule has 2 rings (SSSR count). The van der Waals surface area contributed by atoms with Crippen molar-refractivity contribution in [2.24, 2.45) is 0 Å². The lowest BCUT2D eigenvalue weighted by atomic mass is 10.0. The molecule has 0 amide bonds. The normalized spacial score (nSPS) is 22.9. The van der Waals surface area contributed by atoms with E-state index in [1.165, 1.54) is 0 Å². The van der Waals surface area contributed by atoms with Gasteiger partial charge in [-0.05, 0) is 18.9 Å². The van der Waals surface area contributed by atoms with E-state index in [0.29, 0.717) is 25.1 Å². The van der Waals surface area contributed by atoms with Crippen LogP contribution in [0.25, 0.3) is 0 Å². The van der Waals surface area contributed by atoms with Crippen molar-refractivity contribution >= 4 is 11.7 Å². The van der Waals surface area contributed by atoms with Crippen molar-refractivity contribution in [1.29, 1.82) is 0 Å². The van der Waals surface area contributed by atoms with Crippen LogP contribution < -0.4 is 5.73 Å². The molecule has 1 heterocycles. The predicted molar refractivity (Wildman–Crippen MR) is 88.7 cm³/mol. The lowest BCUT2D eigenvalue weighted by Gasteiger charge is -2.25. The molecule has 0 aromatic heterocycles. The van der Waals surface area contributed by atoms with E-state index in [2.05, 4.69) is 0 Å². The number of ether oxygens (including phenoxy) is 3. The Kier molecular flexibility index (Phi) is 6.02. The Labute approximate surface area is 138 Å². The maximum Gasteiger partial charge on any atom is 0.305 e. The molecule has 1 unspecified atom stereocenters. The second-order valence-corrected chi connectivity index (χ2v) is 5.80. The fourth-order valence-corrected chi connectivity index (χ4v) is 2.89. The highest BCUT2D eigenvalue weighted by Gasteiger charge is 2.46. The second-order valence-electron chi connectivity index (χ2n) is 5.80. The first kappa shape index (κ1) is 17.8. The van der Waals surface area contributed by atoms with Crippen molar-refractivity contribution in [3.63, 3.8) is 0 Å². The van der Waals surface area contributed by atoms with Gasteiger partial charge in [0.25, 0.3) is 0 Å². The zero-order valence-corrected chi connectivity index (χ0v) is 14.2. The Bertz CT molecular complexity index is 528. The van der Waals surface area contributed by atoms with Gasteiger partial charge in [0.1, 0.15) is 6.10 Å². The third-order valence-electron chi connectivity index (χ3n) is 4.38. The number of para-hydroxylation sites is 1. The summed E-state index contributed by atoms with van der Waals surface area (Å²) in [5.74, 6) is -0.788. The molecule has 5 heteroatoms. The maximum atomic E-state index is 11.3. The van der Waals surface area contributed by atoms with Crippen LogP contribution in [0.15, 0.2) is 24.3 Å². The minimum Gasteiger partial charge on any atom is -0.466 e. The molecular weight excluding hydrogens is 294 g/mol. The van der Waals surface area contributed by atoms with Gasteiger partial charge in [-0.3, -0.25) is 4.79 Å². The Morgan fingerprint density at radius 2 is 1.91 bits per heavy atom. The van der Waals surface area contributed by atoms with Gasteiger partial charge in [0.15, 0.2) is 5.79 Å². The average molecular weight is 321 g/mol. The van der Waals surface area contributed by atoms with Gasteiger partial charge >= 0.3 is 5.97 Å². The van der Waals surface area contributed by atoms with Crippen molar-refractivity contribution in [3.05, 3.63) is 29.8 Å². The average Bonchev–Trinajstić information content (AvgIpc) is 2.94. The summed E-state index contributed by atoms with van der Waals surface area (Å²) in [7, 11) is 0. The van der Waals surface area contributed by atoms with Gasteiger partial charge in [0, 0.05) is 24.1 Å². The number of hydrogen-bond acceptors (Lipinski definition) is 5. The number of nitrogen functional groups attached to an aromatic ring is 1. The fraction of sp³-hybridized carbons (Fsp3) is 0.611. The number of nitrogens with two attached hydrogens (primary N) is 1. The molecule has 0 radical (unpaired) electrons. The zero-order chi connectivity index (χ0) is 16.9. The monoisotopic (exact) mass is 321 g/mol. The van der Waals surface area contributed by atoms with E-state index in [0.717, 1.165) is 18.4 Å². The van der Waals surface area contributed by atoms with Crippen LogP contribution in [-0.2, 0) is 19.0 Å². The molecule has 1 saturated heterocycles. The zero-order valence-electron chi connectivity index (χ0n) is 14.2. The Morgan fingerprint density at radius 3 is 2.52 bits per heavy atom. The molecule has 2 N–H and O–H groups in total. The first-order valence-corrected chi connectivity index (χ1v) is 8.40. The van der Waals surface area contributed by atoms with Crippen LogP contribution >= 0.6 is 0 Å². The van der Waals surface area contributed by atoms with Gasteiger partial charge in [-0.25, -0.2) is 0 Å². The fourth-order valence-electron chi connectivity index (χ4n) is 2.89. The van der Waals surface area contributed by atoms with Crippen molar-refractivity contribution in [3.8, 4) is 0 Å². The van der Waals surface area contributed by atoms with Crippen molar-refractivity contribution in [1.82, 2.24) is 0 Å². The molecule has 1 aromatic carbocycles. The number of benzene rings is 1. The summed E-state index contributed by atoms with van der Waals surface area (Å²) in [4.78, 5) is 11.3. The van der Waals surface area contributed by atoms with E-state index in [9.17, 15) is 4.79 Å². The molecule has 23 heavy (non-hydrogen) atoms. The standard InChI is InChI=1S/C18H27NO4/c1-4-16(20)21-12-11-15-17(13-9-7-8-10-14(13)19)23-18(5-2,6-3)22-15/h7-10,15,17H,4-6,11-12,19H2,1-3H3/t15?,17-/m1/s1. The number of anilines is 1. The molecule has 0 saturated carbocycles. The summed E-state index contributed by atoms with van der Waals surface area (Å²) in [6.45, 7) is 6.21. The van der Waals surface area contributed by atoms with E-state index in [1.54, 1.807) is 6.92 Å². The molecule has 0 bridgehead atoms. The smallest absolute Gasteiger partial charge is 0.305 e. The highest BCUT2D eigenvalue weighted by atomic mass is 16.8. The Balaban J connectivity index is 2.15. The van der Waals surface area contributed by atoms with Crippen LogP contribution in [0.5, 0.6) is 0 Å². The molecule has 5 nitrogen and oxygen atoms in total.